The second kappa shape index (κ2) is 6.67. The van der Waals surface area contributed by atoms with Gasteiger partial charge < -0.3 is 9.64 Å². The van der Waals surface area contributed by atoms with Gasteiger partial charge in [-0.3, -0.25) is 0 Å². The Balaban J connectivity index is 2.57. The molecule has 0 aromatic heterocycles. The molecule has 0 saturated carbocycles. The zero-order valence-corrected chi connectivity index (χ0v) is 9.72. The molecule has 3 nitrogen and oxygen atoms in total. The van der Waals surface area contributed by atoms with E-state index in [1.54, 1.807) is 0 Å². The van der Waals surface area contributed by atoms with E-state index in [1.165, 1.54) is 13.2 Å². The molecule has 0 unspecified atom stereocenters. The molecule has 0 amide bonds. The smallest absolute Gasteiger partial charge is 0.330 e. The lowest BCUT2D eigenvalue weighted by Gasteiger charge is -2.20. The average molecular weight is 219 g/mol. The summed E-state index contributed by atoms with van der Waals surface area (Å²) in [5, 5.41) is 0. The highest BCUT2D eigenvalue weighted by molar-refractivity contribution is 5.81. The molecule has 0 radical (unpaired) electrons. The average Bonchev–Trinajstić information content (AvgIpc) is 2.35. The molecule has 1 aromatic carbocycles. The second-order valence-electron chi connectivity index (χ2n) is 3.30. The number of esters is 1. The Labute approximate surface area is 96.3 Å². The van der Waals surface area contributed by atoms with Crippen LogP contribution in [0.15, 0.2) is 42.5 Å². The quantitative estimate of drug-likeness (QED) is 0.562. The molecule has 0 aliphatic heterocycles. The molecule has 16 heavy (non-hydrogen) atoms. The number of ether oxygens (including phenoxy) is 1. The van der Waals surface area contributed by atoms with Crippen molar-refractivity contribution in [3.8, 4) is 0 Å². The number of carbonyl (C=O) groups is 1. The van der Waals surface area contributed by atoms with Crippen molar-refractivity contribution in [3.05, 3.63) is 42.5 Å². The molecule has 0 heterocycles. The normalized spacial score (nSPS) is 10.4. The van der Waals surface area contributed by atoms with Gasteiger partial charge in [0, 0.05) is 24.9 Å². The maximum absolute atomic E-state index is 10.9. The van der Waals surface area contributed by atoms with Gasteiger partial charge in [0.25, 0.3) is 0 Å². The molecule has 0 saturated heterocycles. The van der Waals surface area contributed by atoms with E-state index in [2.05, 4.69) is 28.7 Å². The fourth-order valence-electron chi connectivity index (χ4n) is 1.40. The highest BCUT2D eigenvalue weighted by atomic mass is 16.5. The molecular formula is C13H17NO2. The van der Waals surface area contributed by atoms with E-state index in [1.807, 2.05) is 24.3 Å². The predicted octanol–water partition coefficient (Wildman–Crippen LogP) is 2.24. The second-order valence-corrected chi connectivity index (χ2v) is 3.30. The molecule has 1 aromatic rings. The van der Waals surface area contributed by atoms with Crippen molar-refractivity contribution in [2.24, 2.45) is 0 Å². The van der Waals surface area contributed by atoms with Gasteiger partial charge in [-0.2, -0.15) is 0 Å². The summed E-state index contributed by atoms with van der Waals surface area (Å²) in [5.74, 6) is -0.316. The van der Waals surface area contributed by atoms with E-state index < -0.39 is 0 Å². The Kier molecular flexibility index (Phi) is 5.12. The van der Waals surface area contributed by atoms with Crippen molar-refractivity contribution in [1.29, 1.82) is 0 Å². The number of carbonyl (C=O) groups excluding carboxylic acids is 1. The molecule has 1 rings (SSSR count). The first-order valence-corrected chi connectivity index (χ1v) is 5.32. The molecule has 0 aliphatic rings. The van der Waals surface area contributed by atoms with Crippen LogP contribution in [0.4, 0.5) is 5.69 Å². The number of methoxy groups -OCH3 is 1. The van der Waals surface area contributed by atoms with Crippen LogP contribution in [0.3, 0.4) is 0 Å². The number of anilines is 1. The van der Waals surface area contributed by atoms with Crippen molar-refractivity contribution in [2.75, 3.05) is 25.1 Å². The van der Waals surface area contributed by atoms with Gasteiger partial charge in [-0.1, -0.05) is 24.3 Å². The third kappa shape index (κ3) is 3.77. The van der Waals surface area contributed by atoms with E-state index in [0.29, 0.717) is 6.54 Å². The molecule has 86 valence electrons. The van der Waals surface area contributed by atoms with Gasteiger partial charge in [0.2, 0.25) is 0 Å². The van der Waals surface area contributed by atoms with Crippen LogP contribution < -0.4 is 4.90 Å². The summed E-state index contributed by atoms with van der Waals surface area (Å²) in [6.07, 6.45) is 3.26. The molecular weight excluding hydrogens is 202 g/mol. The summed E-state index contributed by atoms with van der Waals surface area (Å²) in [6, 6.07) is 10.1. The molecule has 0 spiro atoms. The highest BCUT2D eigenvalue weighted by Gasteiger charge is 2.00. The fourth-order valence-corrected chi connectivity index (χ4v) is 1.40. The Hall–Kier alpha value is -1.77. The minimum atomic E-state index is -0.316. The number of likely N-dealkylation sites (N-methyl/N-ethyl adjacent to an activating group) is 1. The molecule has 0 atom stereocenters. The van der Waals surface area contributed by atoms with Gasteiger partial charge in [0.15, 0.2) is 0 Å². The summed E-state index contributed by atoms with van der Waals surface area (Å²) >= 11 is 0. The van der Waals surface area contributed by atoms with Gasteiger partial charge in [-0.25, -0.2) is 4.79 Å². The fraction of sp³-hybridized carbons (Fsp3) is 0.308. The van der Waals surface area contributed by atoms with Crippen molar-refractivity contribution >= 4 is 11.7 Å². The first kappa shape index (κ1) is 12.3. The molecule has 0 N–H and O–H groups in total. The molecule has 0 bridgehead atoms. The monoisotopic (exact) mass is 219 g/mol. The maximum Gasteiger partial charge on any atom is 0.330 e. The van der Waals surface area contributed by atoms with E-state index in [4.69, 9.17) is 0 Å². The highest BCUT2D eigenvalue weighted by Crippen LogP contribution is 2.12. The summed E-state index contributed by atoms with van der Waals surface area (Å²) in [6.45, 7) is 3.68. The zero-order valence-electron chi connectivity index (χ0n) is 9.72. The van der Waals surface area contributed by atoms with Crippen LogP contribution in [0, 0.1) is 0 Å². The van der Waals surface area contributed by atoms with Gasteiger partial charge in [-0.05, 0) is 19.1 Å². The predicted molar refractivity (Wildman–Crippen MR) is 65.5 cm³/mol. The number of hydrogen-bond donors (Lipinski definition) is 0. The Morgan fingerprint density at radius 2 is 2.06 bits per heavy atom. The Morgan fingerprint density at radius 3 is 2.62 bits per heavy atom. The number of nitrogens with zero attached hydrogens (tertiary/aromatic N) is 1. The number of rotatable bonds is 5. The molecule has 0 fully saturated rings. The standard InChI is InChI=1S/C13H17NO2/c1-3-14(11-7-10-13(15)16-2)12-8-5-4-6-9-12/h4-10H,3,11H2,1-2H3/b10-7+. The largest absolute Gasteiger partial charge is 0.466 e. The first-order chi connectivity index (χ1) is 7.77. The summed E-state index contributed by atoms with van der Waals surface area (Å²) in [7, 11) is 1.38. The van der Waals surface area contributed by atoms with Crippen LogP contribution in [0.2, 0.25) is 0 Å². The topological polar surface area (TPSA) is 29.5 Å². The van der Waals surface area contributed by atoms with Crippen LogP contribution in [0.5, 0.6) is 0 Å². The van der Waals surface area contributed by atoms with E-state index in [-0.39, 0.29) is 5.97 Å². The van der Waals surface area contributed by atoms with Gasteiger partial charge in [0.1, 0.15) is 0 Å². The van der Waals surface area contributed by atoms with Gasteiger partial charge in [-0.15, -0.1) is 0 Å². The minimum absolute atomic E-state index is 0.316. The van der Waals surface area contributed by atoms with Crippen molar-refractivity contribution in [3.63, 3.8) is 0 Å². The van der Waals surface area contributed by atoms with Crippen LogP contribution in [-0.4, -0.2) is 26.2 Å². The molecule has 3 heteroatoms. The lowest BCUT2D eigenvalue weighted by atomic mass is 10.3. The first-order valence-electron chi connectivity index (χ1n) is 5.32. The molecule has 0 aliphatic carbocycles. The van der Waals surface area contributed by atoms with E-state index >= 15 is 0 Å². The SMILES string of the molecule is CCN(C/C=C/C(=O)OC)c1ccccc1. The summed E-state index contributed by atoms with van der Waals surface area (Å²) in [4.78, 5) is 13.1. The summed E-state index contributed by atoms with van der Waals surface area (Å²) in [5.41, 5.74) is 1.15. The van der Waals surface area contributed by atoms with Crippen molar-refractivity contribution in [2.45, 2.75) is 6.92 Å². The van der Waals surface area contributed by atoms with Crippen LogP contribution in [0.25, 0.3) is 0 Å². The third-order valence-electron chi connectivity index (χ3n) is 2.28. The number of benzene rings is 1. The van der Waals surface area contributed by atoms with Gasteiger partial charge >= 0.3 is 5.97 Å². The summed E-state index contributed by atoms with van der Waals surface area (Å²) < 4.78 is 4.53. The minimum Gasteiger partial charge on any atom is -0.466 e. The van der Waals surface area contributed by atoms with Crippen LogP contribution in [0.1, 0.15) is 6.92 Å². The lowest BCUT2D eigenvalue weighted by molar-refractivity contribution is -0.134. The Bertz CT molecular complexity index is 346. The van der Waals surface area contributed by atoms with Crippen LogP contribution >= 0.6 is 0 Å². The lowest BCUT2D eigenvalue weighted by Crippen LogP contribution is -2.22. The van der Waals surface area contributed by atoms with E-state index in [0.717, 1.165) is 12.2 Å². The van der Waals surface area contributed by atoms with E-state index in [9.17, 15) is 4.79 Å². The number of para-hydroxylation sites is 1. The zero-order chi connectivity index (χ0) is 11.8. The number of hydrogen-bond acceptors (Lipinski definition) is 3. The van der Waals surface area contributed by atoms with Crippen molar-refractivity contribution in [1.82, 2.24) is 0 Å². The van der Waals surface area contributed by atoms with Gasteiger partial charge in [0.05, 0.1) is 7.11 Å². The Morgan fingerprint density at radius 1 is 1.38 bits per heavy atom. The maximum atomic E-state index is 10.9. The van der Waals surface area contributed by atoms with Crippen LogP contribution in [-0.2, 0) is 9.53 Å². The third-order valence-corrected chi connectivity index (χ3v) is 2.28. The van der Waals surface area contributed by atoms with Crippen molar-refractivity contribution < 1.29 is 9.53 Å².